The van der Waals surface area contributed by atoms with Crippen molar-refractivity contribution in [2.24, 2.45) is 5.92 Å². The first kappa shape index (κ1) is 14.0. The largest absolute Gasteiger partial charge is 0.310 e. The minimum absolute atomic E-state index is 0.251. The van der Waals surface area contributed by atoms with Crippen LogP contribution in [0.25, 0.3) is 0 Å². The molecular formula is C13H18BrNO2S. The van der Waals surface area contributed by atoms with Crippen LogP contribution in [0.4, 0.5) is 0 Å². The first-order chi connectivity index (χ1) is 8.46. The monoisotopic (exact) mass is 331 g/mol. The van der Waals surface area contributed by atoms with Gasteiger partial charge in [0, 0.05) is 10.5 Å². The number of hydrogen-bond donors (Lipinski definition) is 1. The van der Waals surface area contributed by atoms with Crippen molar-refractivity contribution in [2.45, 2.75) is 19.4 Å². The fourth-order valence-corrected chi connectivity index (χ4v) is 4.37. The Morgan fingerprint density at radius 3 is 2.61 bits per heavy atom. The molecule has 0 saturated carbocycles. The van der Waals surface area contributed by atoms with Crippen LogP contribution in [0.1, 0.15) is 24.9 Å². The van der Waals surface area contributed by atoms with Gasteiger partial charge in [0.2, 0.25) is 0 Å². The van der Waals surface area contributed by atoms with Gasteiger partial charge in [-0.15, -0.1) is 0 Å². The van der Waals surface area contributed by atoms with Crippen LogP contribution in [0.2, 0.25) is 0 Å². The van der Waals surface area contributed by atoms with Gasteiger partial charge in [0.1, 0.15) is 0 Å². The number of nitrogens with one attached hydrogen (secondary N) is 1. The minimum atomic E-state index is -2.76. The van der Waals surface area contributed by atoms with Crippen molar-refractivity contribution in [2.75, 3.05) is 18.1 Å². The average molecular weight is 332 g/mol. The molecular weight excluding hydrogens is 314 g/mol. The van der Waals surface area contributed by atoms with Crippen LogP contribution >= 0.6 is 15.9 Å². The molecule has 1 aromatic carbocycles. The molecule has 100 valence electrons. The second-order valence-electron chi connectivity index (χ2n) is 4.95. The van der Waals surface area contributed by atoms with Gasteiger partial charge in [-0.1, -0.05) is 28.1 Å². The van der Waals surface area contributed by atoms with E-state index in [2.05, 4.69) is 40.3 Å². The smallest absolute Gasteiger partial charge is 0.150 e. The van der Waals surface area contributed by atoms with Crippen molar-refractivity contribution in [1.29, 1.82) is 0 Å². The van der Waals surface area contributed by atoms with Crippen LogP contribution < -0.4 is 5.32 Å². The number of halogens is 1. The van der Waals surface area contributed by atoms with Gasteiger partial charge in [-0.3, -0.25) is 0 Å². The highest BCUT2D eigenvalue weighted by molar-refractivity contribution is 9.10. The Morgan fingerprint density at radius 2 is 2.06 bits per heavy atom. The van der Waals surface area contributed by atoms with Crippen molar-refractivity contribution in [3.63, 3.8) is 0 Å². The Balaban J connectivity index is 1.85. The van der Waals surface area contributed by atoms with Crippen molar-refractivity contribution in [3.05, 3.63) is 34.3 Å². The summed E-state index contributed by atoms with van der Waals surface area (Å²) in [6, 6.07) is 8.45. The molecule has 1 aliphatic heterocycles. The predicted octanol–water partition coefficient (Wildman–Crippen LogP) is 2.53. The molecule has 5 heteroatoms. The second kappa shape index (κ2) is 5.72. The molecule has 0 aromatic heterocycles. The highest BCUT2D eigenvalue weighted by atomic mass is 79.9. The van der Waals surface area contributed by atoms with Gasteiger partial charge in [-0.2, -0.15) is 0 Å². The van der Waals surface area contributed by atoms with Crippen LogP contribution in [-0.4, -0.2) is 26.5 Å². The second-order valence-corrected chi connectivity index (χ2v) is 8.09. The van der Waals surface area contributed by atoms with E-state index in [9.17, 15) is 8.42 Å². The summed E-state index contributed by atoms with van der Waals surface area (Å²) < 4.78 is 23.8. The molecule has 1 aliphatic rings. The molecule has 1 N–H and O–H groups in total. The molecule has 2 rings (SSSR count). The molecule has 1 saturated heterocycles. The minimum Gasteiger partial charge on any atom is -0.310 e. The van der Waals surface area contributed by atoms with Gasteiger partial charge in [0.05, 0.1) is 11.5 Å². The Labute approximate surface area is 117 Å². The maximum absolute atomic E-state index is 11.4. The fraction of sp³-hybridized carbons (Fsp3) is 0.538. The lowest BCUT2D eigenvalue weighted by molar-refractivity contribution is 0.476. The zero-order valence-electron chi connectivity index (χ0n) is 10.4. The van der Waals surface area contributed by atoms with Gasteiger partial charge < -0.3 is 5.32 Å². The summed E-state index contributed by atoms with van der Waals surface area (Å²) in [4.78, 5) is 0. The highest BCUT2D eigenvalue weighted by Crippen LogP contribution is 2.20. The SMILES string of the molecule is CC(NCC1CCS(=O)(=O)C1)c1ccc(Br)cc1. The van der Waals surface area contributed by atoms with Gasteiger partial charge in [-0.25, -0.2) is 8.42 Å². The summed E-state index contributed by atoms with van der Waals surface area (Å²) in [6.07, 6.45) is 0.794. The maximum atomic E-state index is 11.4. The Bertz CT molecular complexity index is 498. The molecule has 2 unspecified atom stereocenters. The molecule has 1 aromatic rings. The van der Waals surface area contributed by atoms with E-state index in [0.717, 1.165) is 17.4 Å². The third kappa shape index (κ3) is 3.80. The van der Waals surface area contributed by atoms with E-state index in [1.54, 1.807) is 0 Å². The summed E-state index contributed by atoms with van der Waals surface area (Å²) in [5.41, 5.74) is 1.22. The summed E-state index contributed by atoms with van der Waals surface area (Å²) in [5, 5.41) is 3.42. The van der Waals surface area contributed by atoms with Gasteiger partial charge in [-0.05, 0) is 43.5 Å². The van der Waals surface area contributed by atoms with E-state index in [-0.39, 0.29) is 12.0 Å². The molecule has 0 aliphatic carbocycles. The molecule has 2 atom stereocenters. The molecule has 18 heavy (non-hydrogen) atoms. The lowest BCUT2D eigenvalue weighted by Crippen LogP contribution is -2.26. The van der Waals surface area contributed by atoms with Crippen molar-refractivity contribution >= 4 is 25.8 Å². The predicted molar refractivity (Wildman–Crippen MR) is 77.3 cm³/mol. The van der Waals surface area contributed by atoms with Crippen LogP contribution in [-0.2, 0) is 9.84 Å². The maximum Gasteiger partial charge on any atom is 0.150 e. The molecule has 1 heterocycles. The van der Waals surface area contributed by atoms with E-state index in [1.807, 2.05) is 12.1 Å². The first-order valence-electron chi connectivity index (χ1n) is 6.15. The normalized spacial score (nSPS) is 24.0. The number of rotatable bonds is 4. The van der Waals surface area contributed by atoms with Crippen molar-refractivity contribution in [3.8, 4) is 0 Å². The Hall–Kier alpha value is -0.390. The lowest BCUT2D eigenvalue weighted by atomic mass is 10.1. The number of sulfone groups is 1. The van der Waals surface area contributed by atoms with Crippen LogP contribution in [0.15, 0.2) is 28.7 Å². The van der Waals surface area contributed by atoms with E-state index >= 15 is 0 Å². The van der Waals surface area contributed by atoms with Crippen molar-refractivity contribution < 1.29 is 8.42 Å². The van der Waals surface area contributed by atoms with Gasteiger partial charge in [0.25, 0.3) is 0 Å². The molecule has 0 amide bonds. The Kier molecular flexibility index (Phi) is 4.45. The zero-order valence-corrected chi connectivity index (χ0v) is 12.8. The van der Waals surface area contributed by atoms with Crippen LogP contribution in [0.5, 0.6) is 0 Å². The number of benzene rings is 1. The van der Waals surface area contributed by atoms with Crippen molar-refractivity contribution in [1.82, 2.24) is 5.32 Å². The van der Waals surface area contributed by atoms with E-state index < -0.39 is 9.84 Å². The average Bonchev–Trinajstić information content (AvgIpc) is 2.67. The van der Waals surface area contributed by atoms with Gasteiger partial charge >= 0.3 is 0 Å². The zero-order chi connectivity index (χ0) is 13.2. The van der Waals surface area contributed by atoms with E-state index in [0.29, 0.717) is 11.5 Å². The summed E-state index contributed by atoms with van der Waals surface area (Å²) in [5.74, 6) is 0.965. The third-order valence-corrected chi connectivity index (χ3v) is 5.78. The molecule has 3 nitrogen and oxygen atoms in total. The molecule has 0 radical (unpaired) electrons. The standard InChI is InChI=1S/C13H18BrNO2S/c1-10(12-2-4-13(14)5-3-12)15-8-11-6-7-18(16,17)9-11/h2-5,10-11,15H,6-9H2,1H3. The Morgan fingerprint density at radius 1 is 1.39 bits per heavy atom. The fourth-order valence-electron chi connectivity index (χ4n) is 2.25. The molecule has 1 fully saturated rings. The third-order valence-electron chi connectivity index (χ3n) is 3.41. The summed E-state index contributed by atoms with van der Waals surface area (Å²) in [7, 11) is -2.76. The lowest BCUT2D eigenvalue weighted by Gasteiger charge is -2.17. The topological polar surface area (TPSA) is 46.2 Å². The van der Waals surface area contributed by atoms with E-state index in [1.165, 1.54) is 5.56 Å². The first-order valence-corrected chi connectivity index (χ1v) is 8.77. The quantitative estimate of drug-likeness (QED) is 0.922. The van der Waals surface area contributed by atoms with Gasteiger partial charge in [0.15, 0.2) is 9.84 Å². The summed E-state index contributed by atoms with van der Waals surface area (Å²) in [6.45, 7) is 2.88. The van der Waals surface area contributed by atoms with Crippen LogP contribution in [0.3, 0.4) is 0 Å². The molecule has 0 bridgehead atoms. The summed E-state index contributed by atoms with van der Waals surface area (Å²) >= 11 is 3.41. The number of hydrogen-bond acceptors (Lipinski definition) is 3. The highest BCUT2D eigenvalue weighted by Gasteiger charge is 2.27. The van der Waals surface area contributed by atoms with Crippen LogP contribution in [0, 0.1) is 5.92 Å². The molecule has 0 spiro atoms. The van der Waals surface area contributed by atoms with E-state index in [4.69, 9.17) is 0 Å².